The van der Waals surface area contributed by atoms with E-state index in [0.29, 0.717) is 29.4 Å². The van der Waals surface area contributed by atoms with Gasteiger partial charge in [0.25, 0.3) is 5.69 Å². The Morgan fingerprint density at radius 2 is 2.00 bits per heavy atom. The Morgan fingerprint density at radius 1 is 1.19 bits per heavy atom. The fraction of sp³-hybridized carbons (Fsp3) is 0.133. The van der Waals surface area contributed by atoms with Gasteiger partial charge in [-0.15, -0.1) is 0 Å². The standard InChI is InChI=1S/C15H12ClN3O2/c16-13-4-2-1-3-11(13)15-12-9-10(19(20)21)5-6-14(12)17-7-8-18-15/h1-6,9,17H,7-8H2. The summed E-state index contributed by atoms with van der Waals surface area (Å²) < 4.78 is 0. The van der Waals surface area contributed by atoms with Crippen LogP contribution in [0.2, 0.25) is 5.02 Å². The van der Waals surface area contributed by atoms with E-state index in [-0.39, 0.29) is 5.69 Å². The van der Waals surface area contributed by atoms with E-state index >= 15 is 0 Å². The van der Waals surface area contributed by atoms with E-state index in [1.165, 1.54) is 12.1 Å². The summed E-state index contributed by atoms with van der Waals surface area (Å²) >= 11 is 6.24. The van der Waals surface area contributed by atoms with Crippen molar-refractivity contribution in [2.45, 2.75) is 0 Å². The van der Waals surface area contributed by atoms with Crippen LogP contribution in [0.1, 0.15) is 11.1 Å². The molecule has 1 heterocycles. The zero-order chi connectivity index (χ0) is 14.8. The number of hydrogen-bond acceptors (Lipinski definition) is 4. The minimum Gasteiger partial charge on any atom is -0.383 e. The quantitative estimate of drug-likeness (QED) is 0.682. The molecular formula is C15H12ClN3O2. The highest BCUT2D eigenvalue weighted by atomic mass is 35.5. The van der Waals surface area contributed by atoms with Crippen molar-refractivity contribution >= 4 is 28.7 Å². The number of nitro groups is 1. The van der Waals surface area contributed by atoms with Gasteiger partial charge in [-0.05, 0) is 12.1 Å². The second-order valence-electron chi connectivity index (χ2n) is 4.62. The van der Waals surface area contributed by atoms with Gasteiger partial charge in [0.05, 0.1) is 17.2 Å². The number of fused-ring (bicyclic) bond motifs is 1. The number of nitrogens with one attached hydrogen (secondary N) is 1. The number of non-ortho nitro benzene ring substituents is 1. The van der Waals surface area contributed by atoms with Crippen molar-refractivity contribution in [2.75, 3.05) is 18.4 Å². The number of nitro benzene ring substituents is 1. The van der Waals surface area contributed by atoms with Crippen molar-refractivity contribution in [2.24, 2.45) is 4.99 Å². The van der Waals surface area contributed by atoms with Gasteiger partial charge in [-0.25, -0.2) is 0 Å². The number of rotatable bonds is 2. The highest BCUT2D eigenvalue weighted by Gasteiger charge is 2.19. The number of halogens is 1. The SMILES string of the molecule is O=[N+]([O-])c1ccc2c(c1)C(c1ccccc1Cl)=NCCN2. The largest absolute Gasteiger partial charge is 0.383 e. The monoisotopic (exact) mass is 301 g/mol. The smallest absolute Gasteiger partial charge is 0.270 e. The van der Waals surface area contributed by atoms with Crippen LogP contribution in [0.5, 0.6) is 0 Å². The maximum atomic E-state index is 11.0. The second kappa shape index (κ2) is 5.54. The van der Waals surface area contributed by atoms with Gasteiger partial charge >= 0.3 is 0 Å². The molecule has 106 valence electrons. The highest BCUT2D eigenvalue weighted by molar-refractivity contribution is 6.35. The third kappa shape index (κ3) is 2.60. The van der Waals surface area contributed by atoms with Crippen LogP contribution in [0.15, 0.2) is 47.5 Å². The van der Waals surface area contributed by atoms with Crippen LogP contribution in [0.25, 0.3) is 0 Å². The van der Waals surface area contributed by atoms with E-state index < -0.39 is 4.92 Å². The maximum absolute atomic E-state index is 11.0. The molecule has 0 aromatic heterocycles. The molecule has 21 heavy (non-hydrogen) atoms. The van der Waals surface area contributed by atoms with Crippen LogP contribution >= 0.6 is 11.6 Å². The molecule has 6 heteroatoms. The molecule has 0 spiro atoms. The molecule has 0 saturated carbocycles. The molecule has 2 aromatic carbocycles. The lowest BCUT2D eigenvalue weighted by molar-refractivity contribution is -0.384. The Bertz CT molecular complexity index is 743. The van der Waals surface area contributed by atoms with Crippen LogP contribution < -0.4 is 5.32 Å². The zero-order valence-corrected chi connectivity index (χ0v) is 11.8. The summed E-state index contributed by atoms with van der Waals surface area (Å²) in [6, 6.07) is 12.1. The van der Waals surface area contributed by atoms with Gasteiger partial charge in [0.1, 0.15) is 0 Å². The lowest BCUT2D eigenvalue weighted by Crippen LogP contribution is -2.07. The first-order valence-electron chi connectivity index (χ1n) is 6.49. The van der Waals surface area contributed by atoms with Gasteiger partial charge in [-0.3, -0.25) is 15.1 Å². The lowest BCUT2D eigenvalue weighted by atomic mass is 10.00. The fourth-order valence-corrected chi connectivity index (χ4v) is 2.55. The fourth-order valence-electron chi connectivity index (χ4n) is 2.32. The third-order valence-corrected chi connectivity index (χ3v) is 3.62. The van der Waals surface area contributed by atoms with Crippen molar-refractivity contribution in [1.82, 2.24) is 0 Å². The van der Waals surface area contributed by atoms with Crippen LogP contribution in [0.4, 0.5) is 11.4 Å². The number of anilines is 1. The van der Waals surface area contributed by atoms with Gasteiger partial charge < -0.3 is 5.32 Å². The summed E-state index contributed by atoms with van der Waals surface area (Å²) in [5.74, 6) is 0. The van der Waals surface area contributed by atoms with Crippen LogP contribution in [-0.4, -0.2) is 23.7 Å². The Labute approximate surface area is 126 Å². The van der Waals surface area contributed by atoms with Crippen molar-refractivity contribution < 1.29 is 4.92 Å². The molecule has 0 amide bonds. The predicted molar refractivity (Wildman–Crippen MR) is 83.5 cm³/mol. The van der Waals surface area contributed by atoms with Crippen molar-refractivity contribution in [3.05, 3.63) is 68.7 Å². The summed E-state index contributed by atoms with van der Waals surface area (Å²) in [5.41, 5.74) is 3.04. The molecular weight excluding hydrogens is 290 g/mol. The number of benzodiazepines with no additional fused rings is 1. The molecule has 0 fully saturated rings. The Balaban J connectivity index is 2.20. The van der Waals surface area contributed by atoms with E-state index in [9.17, 15) is 10.1 Å². The van der Waals surface area contributed by atoms with E-state index in [2.05, 4.69) is 10.3 Å². The molecule has 0 bridgehead atoms. The average Bonchev–Trinajstić information content (AvgIpc) is 2.69. The second-order valence-corrected chi connectivity index (χ2v) is 5.03. The maximum Gasteiger partial charge on any atom is 0.270 e. The van der Waals surface area contributed by atoms with E-state index in [1.54, 1.807) is 12.1 Å². The van der Waals surface area contributed by atoms with Gasteiger partial charge in [-0.1, -0.05) is 29.8 Å². The topological polar surface area (TPSA) is 67.5 Å². The third-order valence-electron chi connectivity index (χ3n) is 3.30. The molecule has 1 aliphatic rings. The van der Waals surface area contributed by atoms with Crippen LogP contribution in [0.3, 0.4) is 0 Å². The number of nitrogens with zero attached hydrogens (tertiary/aromatic N) is 2. The Morgan fingerprint density at radius 3 is 2.76 bits per heavy atom. The molecule has 0 saturated heterocycles. The molecule has 3 rings (SSSR count). The van der Waals surface area contributed by atoms with Crippen molar-refractivity contribution in [1.29, 1.82) is 0 Å². The molecule has 2 aromatic rings. The van der Waals surface area contributed by atoms with Gasteiger partial charge in [-0.2, -0.15) is 0 Å². The molecule has 0 radical (unpaired) electrons. The predicted octanol–water partition coefficient (Wildman–Crippen LogP) is 3.51. The van der Waals surface area contributed by atoms with Crippen molar-refractivity contribution in [3.8, 4) is 0 Å². The van der Waals surface area contributed by atoms with Crippen LogP contribution in [-0.2, 0) is 0 Å². The number of benzene rings is 2. The normalized spacial score (nSPS) is 13.7. The zero-order valence-electron chi connectivity index (χ0n) is 11.0. The summed E-state index contributed by atoms with van der Waals surface area (Å²) in [6.45, 7) is 1.27. The molecule has 0 aliphatic carbocycles. The minimum atomic E-state index is -0.407. The Hall–Kier alpha value is -2.40. The van der Waals surface area contributed by atoms with Gasteiger partial charge in [0.2, 0.25) is 0 Å². The Kier molecular flexibility index (Phi) is 3.58. The molecule has 1 aliphatic heterocycles. The summed E-state index contributed by atoms with van der Waals surface area (Å²) in [6.07, 6.45) is 0. The summed E-state index contributed by atoms with van der Waals surface area (Å²) in [7, 11) is 0. The number of aliphatic imine (C=N–C) groups is 1. The van der Waals surface area contributed by atoms with Gasteiger partial charge in [0.15, 0.2) is 0 Å². The van der Waals surface area contributed by atoms with Crippen LogP contribution in [0, 0.1) is 10.1 Å². The first-order valence-corrected chi connectivity index (χ1v) is 6.86. The molecule has 0 unspecified atom stereocenters. The van der Waals surface area contributed by atoms with E-state index in [1.807, 2.05) is 18.2 Å². The molecule has 5 nitrogen and oxygen atoms in total. The van der Waals surface area contributed by atoms with Crippen molar-refractivity contribution in [3.63, 3.8) is 0 Å². The summed E-state index contributed by atoms with van der Waals surface area (Å²) in [5, 5.41) is 14.8. The average molecular weight is 302 g/mol. The van der Waals surface area contributed by atoms with Gasteiger partial charge in [0, 0.05) is 40.5 Å². The highest BCUT2D eigenvalue weighted by Crippen LogP contribution is 2.29. The molecule has 0 atom stereocenters. The first kappa shape index (κ1) is 13.6. The first-order chi connectivity index (χ1) is 10.2. The number of hydrogen-bond donors (Lipinski definition) is 1. The van der Waals surface area contributed by atoms with E-state index in [4.69, 9.17) is 11.6 Å². The lowest BCUT2D eigenvalue weighted by Gasteiger charge is -2.11. The minimum absolute atomic E-state index is 0.0391. The summed E-state index contributed by atoms with van der Waals surface area (Å²) in [4.78, 5) is 15.1. The molecule has 1 N–H and O–H groups in total. The van der Waals surface area contributed by atoms with E-state index in [0.717, 1.165) is 11.3 Å².